The Morgan fingerprint density at radius 3 is 2.59 bits per heavy atom. The summed E-state index contributed by atoms with van der Waals surface area (Å²) < 4.78 is 11.8. The topological polar surface area (TPSA) is 118 Å². The van der Waals surface area contributed by atoms with Gasteiger partial charge in [-0.25, -0.2) is 9.97 Å². The van der Waals surface area contributed by atoms with Crippen LogP contribution in [0.3, 0.4) is 0 Å². The van der Waals surface area contributed by atoms with E-state index in [1.165, 1.54) is 11.9 Å². The van der Waals surface area contributed by atoms with Gasteiger partial charge in [-0.3, -0.25) is 20.5 Å². The van der Waals surface area contributed by atoms with E-state index >= 15 is 0 Å². The predicted molar refractivity (Wildman–Crippen MR) is 132 cm³/mol. The van der Waals surface area contributed by atoms with Crippen molar-refractivity contribution < 1.29 is 14.3 Å². The van der Waals surface area contributed by atoms with Gasteiger partial charge in [0.1, 0.15) is 12.0 Å². The number of aromatic nitrogens is 2. The Morgan fingerprint density at radius 1 is 1.03 bits per heavy atom. The summed E-state index contributed by atoms with van der Waals surface area (Å²) in [6, 6.07) is 13.1. The van der Waals surface area contributed by atoms with Crippen LogP contribution in [-0.2, 0) is 6.54 Å². The standard InChI is InChI=1S/C23H24BrN7O3/c24-17-4-2-16(3-5-17)23(32)29-28-21-20(25)22(27-13-26-21)31-9-7-30(8-10-31)12-15-1-6-18-19(11-15)34-14-33-18/h1-6,11,13H,7-10,12,14,25H2,(H,29,32)(H,26,27,28). The first-order chi connectivity index (χ1) is 16.6. The Morgan fingerprint density at radius 2 is 1.79 bits per heavy atom. The zero-order chi connectivity index (χ0) is 23.5. The predicted octanol–water partition coefficient (Wildman–Crippen LogP) is 2.63. The molecule has 2 aliphatic heterocycles. The zero-order valence-corrected chi connectivity index (χ0v) is 19.9. The molecule has 0 unspecified atom stereocenters. The molecule has 5 rings (SSSR count). The van der Waals surface area contributed by atoms with E-state index in [0.717, 1.165) is 48.7 Å². The summed E-state index contributed by atoms with van der Waals surface area (Å²) in [7, 11) is 0. The van der Waals surface area contributed by atoms with Crippen LogP contribution in [0.15, 0.2) is 53.3 Å². The number of nitrogen functional groups attached to an aromatic ring is 1. The lowest BCUT2D eigenvalue weighted by atomic mass is 10.1. The normalized spacial score (nSPS) is 15.3. The molecular formula is C23H24BrN7O3. The smallest absolute Gasteiger partial charge is 0.269 e. The van der Waals surface area contributed by atoms with Crippen molar-refractivity contribution >= 4 is 39.2 Å². The number of anilines is 3. The third-order valence-electron chi connectivity index (χ3n) is 5.78. The minimum absolute atomic E-state index is 0.280. The fourth-order valence-corrected chi connectivity index (χ4v) is 4.21. The first kappa shape index (κ1) is 22.2. The lowest BCUT2D eigenvalue weighted by molar-refractivity contribution is 0.0962. The molecule has 1 fully saturated rings. The molecule has 0 radical (unpaired) electrons. The molecule has 10 nitrogen and oxygen atoms in total. The Hall–Kier alpha value is -3.57. The van der Waals surface area contributed by atoms with E-state index in [-0.39, 0.29) is 12.7 Å². The van der Waals surface area contributed by atoms with Crippen molar-refractivity contribution in [2.24, 2.45) is 0 Å². The highest BCUT2D eigenvalue weighted by atomic mass is 79.9. The fraction of sp³-hybridized carbons (Fsp3) is 0.261. The van der Waals surface area contributed by atoms with E-state index < -0.39 is 0 Å². The first-order valence-electron chi connectivity index (χ1n) is 10.8. The number of nitrogens with two attached hydrogens (primary N) is 1. The van der Waals surface area contributed by atoms with Gasteiger partial charge in [-0.2, -0.15) is 0 Å². The number of halogens is 1. The molecule has 4 N–H and O–H groups in total. The number of benzene rings is 2. The van der Waals surface area contributed by atoms with Gasteiger partial charge >= 0.3 is 0 Å². The highest BCUT2D eigenvalue weighted by Gasteiger charge is 2.22. The Balaban J connectivity index is 1.17. The second kappa shape index (κ2) is 9.74. The van der Waals surface area contributed by atoms with Crippen LogP contribution >= 0.6 is 15.9 Å². The fourth-order valence-electron chi connectivity index (χ4n) is 3.94. The molecular weight excluding hydrogens is 502 g/mol. The number of carbonyl (C=O) groups excluding carboxylic acids is 1. The third kappa shape index (κ3) is 4.85. The lowest BCUT2D eigenvalue weighted by Gasteiger charge is -2.36. The molecule has 0 atom stereocenters. The number of hydrogen-bond acceptors (Lipinski definition) is 9. The molecule has 3 heterocycles. The zero-order valence-electron chi connectivity index (χ0n) is 18.3. The van der Waals surface area contributed by atoms with E-state index in [1.807, 2.05) is 12.1 Å². The molecule has 2 aromatic carbocycles. The Bertz CT molecular complexity index is 1180. The van der Waals surface area contributed by atoms with Crippen LogP contribution in [0.1, 0.15) is 15.9 Å². The van der Waals surface area contributed by atoms with Crippen LogP contribution in [-0.4, -0.2) is 53.7 Å². The Kier molecular flexibility index (Phi) is 6.37. The highest BCUT2D eigenvalue weighted by Crippen LogP contribution is 2.33. The summed E-state index contributed by atoms with van der Waals surface area (Å²) in [6.45, 7) is 4.38. The molecule has 1 amide bonds. The van der Waals surface area contributed by atoms with E-state index in [2.05, 4.69) is 52.6 Å². The molecule has 0 spiro atoms. The summed E-state index contributed by atoms with van der Waals surface area (Å²) in [4.78, 5) is 25.5. The van der Waals surface area contributed by atoms with Crippen molar-refractivity contribution in [3.8, 4) is 11.5 Å². The summed E-state index contributed by atoms with van der Waals surface area (Å²) in [5.74, 6) is 2.32. The van der Waals surface area contributed by atoms with Crippen molar-refractivity contribution in [2.45, 2.75) is 6.54 Å². The van der Waals surface area contributed by atoms with Crippen LogP contribution in [0, 0.1) is 0 Å². The summed E-state index contributed by atoms with van der Waals surface area (Å²) >= 11 is 3.36. The quantitative estimate of drug-likeness (QED) is 0.417. The minimum atomic E-state index is -0.288. The molecule has 0 bridgehead atoms. The number of fused-ring (bicyclic) bond motifs is 1. The van der Waals surface area contributed by atoms with Gasteiger partial charge in [-0.1, -0.05) is 22.0 Å². The Labute approximate surface area is 205 Å². The number of hydrogen-bond donors (Lipinski definition) is 3. The maximum absolute atomic E-state index is 12.4. The number of hydrazine groups is 1. The maximum Gasteiger partial charge on any atom is 0.269 e. The monoisotopic (exact) mass is 525 g/mol. The van der Waals surface area contributed by atoms with Gasteiger partial charge in [0.15, 0.2) is 23.1 Å². The van der Waals surface area contributed by atoms with E-state index in [1.54, 1.807) is 24.3 Å². The maximum atomic E-state index is 12.4. The van der Waals surface area contributed by atoms with E-state index in [0.29, 0.717) is 22.9 Å². The van der Waals surface area contributed by atoms with Gasteiger partial charge in [0, 0.05) is 42.8 Å². The van der Waals surface area contributed by atoms with Crippen molar-refractivity contribution in [1.29, 1.82) is 0 Å². The van der Waals surface area contributed by atoms with Gasteiger partial charge in [-0.15, -0.1) is 0 Å². The van der Waals surface area contributed by atoms with Crippen LogP contribution in [0.25, 0.3) is 0 Å². The van der Waals surface area contributed by atoms with Crippen LogP contribution in [0.5, 0.6) is 11.5 Å². The number of carbonyl (C=O) groups is 1. The minimum Gasteiger partial charge on any atom is -0.454 e. The second-order valence-corrected chi connectivity index (χ2v) is 8.91. The largest absolute Gasteiger partial charge is 0.454 e. The van der Waals surface area contributed by atoms with Crippen LogP contribution in [0.2, 0.25) is 0 Å². The van der Waals surface area contributed by atoms with E-state index in [4.69, 9.17) is 15.2 Å². The molecule has 2 aliphatic rings. The third-order valence-corrected chi connectivity index (χ3v) is 6.31. The number of nitrogens with one attached hydrogen (secondary N) is 2. The van der Waals surface area contributed by atoms with Crippen LogP contribution in [0.4, 0.5) is 17.3 Å². The van der Waals surface area contributed by atoms with Gasteiger partial charge < -0.3 is 20.1 Å². The number of rotatable bonds is 6. The number of nitrogens with zero attached hydrogens (tertiary/aromatic N) is 4. The molecule has 176 valence electrons. The van der Waals surface area contributed by atoms with Crippen molar-refractivity contribution in [3.63, 3.8) is 0 Å². The molecule has 1 aromatic heterocycles. The molecule has 0 aliphatic carbocycles. The summed E-state index contributed by atoms with van der Waals surface area (Å²) in [6.07, 6.45) is 1.44. The average Bonchev–Trinajstić information content (AvgIpc) is 3.32. The first-order valence-corrected chi connectivity index (χ1v) is 11.6. The molecule has 34 heavy (non-hydrogen) atoms. The lowest BCUT2D eigenvalue weighted by Crippen LogP contribution is -2.46. The van der Waals surface area contributed by atoms with Gasteiger partial charge in [0.2, 0.25) is 6.79 Å². The van der Waals surface area contributed by atoms with E-state index in [9.17, 15) is 4.79 Å². The molecule has 11 heteroatoms. The van der Waals surface area contributed by atoms with Gasteiger partial charge in [0.05, 0.1) is 0 Å². The second-order valence-electron chi connectivity index (χ2n) is 8.00. The van der Waals surface area contributed by atoms with Crippen LogP contribution < -0.4 is 31.0 Å². The van der Waals surface area contributed by atoms with Crippen molar-refractivity contribution in [2.75, 3.05) is 49.0 Å². The van der Waals surface area contributed by atoms with Crippen molar-refractivity contribution in [1.82, 2.24) is 20.3 Å². The van der Waals surface area contributed by atoms with Crippen molar-refractivity contribution in [3.05, 3.63) is 64.4 Å². The SMILES string of the molecule is Nc1c(NNC(=O)c2ccc(Br)cc2)ncnc1N1CCN(Cc2ccc3c(c2)OCO3)CC1. The molecule has 3 aromatic rings. The molecule has 0 saturated carbocycles. The number of amides is 1. The highest BCUT2D eigenvalue weighted by molar-refractivity contribution is 9.10. The number of piperazine rings is 1. The average molecular weight is 526 g/mol. The summed E-state index contributed by atoms with van der Waals surface area (Å²) in [5.41, 5.74) is 13.9. The number of ether oxygens (including phenoxy) is 2. The summed E-state index contributed by atoms with van der Waals surface area (Å²) in [5, 5.41) is 0. The van der Waals surface area contributed by atoms with Gasteiger partial charge in [0.25, 0.3) is 5.91 Å². The molecule has 1 saturated heterocycles. The van der Waals surface area contributed by atoms with Gasteiger partial charge in [-0.05, 0) is 42.0 Å².